The lowest BCUT2D eigenvalue weighted by Gasteiger charge is -2.32. The predicted octanol–water partition coefficient (Wildman–Crippen LogP) is 8.54. The Bertz CT molecular complexity index is 1710. The van der Waals surface area contributed by atoms with Gasteiger partial charge in [0, 0.05) is 27.5 Å². The van der Waals surface area contributed by atoms with E-state index in [1.165, 1.54) is 37.9 Å². The van der Waals surface area contributed by atoms with Crippen molar-refractivity contribution in [1.29, 1.82) is 0 Å². The van der Waals surface area contributed by atoms with Crippen LogP contribution in [0.1, 0.15) is 46.1 Å². The lowest BCUT2D eigenvalue weighted by molar-refractivity contribution is 0.00578. The van der Waals surface area contributed by atoms with Crippen molar-refractivity contribution in [3.05, 3.63) is 102 Å². The number of hydrogen-bond donors (Lipinski definition) is 0. The maximum atomic E-state index is 6.38. The Kier molecular flexibility index (Phi) is 5.14. The van der Waals surface area contributed by atoms with Crippen molar-refractivity contribution in [3.63, 3.8) is 0 Å². The number of fused-ring (bicyclic) bond motifs is 6. The molecular formula is C34H32BNO2. The number of allylic oxidation sites excluding steroid dienone is 4. The van der Waals surface area contributed by atoms with Gasteiger partial charge < -0.3 is 9.31 Å². The molecule has 0 amide bonds. The van der Waals surface area contributed by atoms with Crippen LogP contribution in [0.25, 0.3) is 43.4 Å². The van der Waals surface area contributed by atoms with Crippen LogP contribution in [0.5, 0.6) is 0 Å². The maximum Gasteiger partial charge on any atom is 0.494 e. The zero-order valence-corrected chi connectivity index (χ0v) is 22.7. The van der Waals surface area contributed by atoms with Crippen LogP contribution in [0, 0.1) is 5.92 Å². The molecule has 2 unspecified atom stereocenters. The molecule has 2 aliphatic rings. The quantitative estimate of drug-likeness (QED) is 0.139. The molecule has 3 nitrogen and oxygen atoms in total. The summed E-state index contributed by atoms with van der Waals surface area (Å²) in [7, 11) is -0.349. The van der Waals surface area contributed by atoms with Crippen molar-refractivity contribution in [1.82, 2.24) is 4.98 Å². The molecule has 5 aromatic rings. The molecule has 2 atom stereocenters. The molecule has 4 aromatic carbocycles. The predicted molar refractivity (Wildman–Crippen MR) is 159 cm³/mol. The summed E-state index contributed by atoms with van der Waals surface area (Å²) in [6, 6.07) is 26.2. The third kappa shape index (κ3) is 3.47. The maximum absolute atomic E-state index is 6.38. The number of pyridine rings is 1. The Balaban J connectivity index is 1.43. The Labute approximate surface area is 224 Å². The summed E-state index contributed by atoms with van der Waals surface area (Å²) in [6.45, 7) is 10.7. The van der Waals surface area contributed by atoms with E-state index < -0.39 is 0 Å². The monoisotopic (exact) mass is 497 g/mol. The van der Waals surface area contributed by atoms with Crippen molar-refractivity contribution in [3.8, 4) is 0 Å². The first kappa shape index (κ1) is 23.6. The van der Waals surface area contributed by atoms with Crippen LogP contribution in [0.2, 0.25) is 0 Å². The number of rotatable bonds is 2. The normalized spacial score (nSPS) is 22.6. The van der Waals surface area contributed by atoms with E-state index >= 15 is 0 Å². The fourth-order valence-corrected chi connectivity index (χ4v) is 6.15. The summed E-state index contributed by atoms with van der Waals surface area (Å²) >= 11 is 0. The fraction of sp³-hybridized carbons (Fsp3) is 0.265. The largest absolute Gasteiger partial charge is 0.494 e. The second-order valence-corrected chi connectivity index (χ2v) is 11.9. The van der Waals surface area contributed by atoms with E-state index in [-0.39, 0.29) is 30.2 Å². The summed E-state index contributed by atoms with van der Waals surface area (Å²) in [5.74, 6) is 0.470. The Morgan fingerprint density at radius 1 is 0.684 bits per heavy atom. The van der Waals surface area contributed by atoms with Crippen LogP contribution < -0.4 is 0 Å². The summed E-state index contributed by atoms with van der Waals surface area (Å²) in [5, 5.41) is 7.27. The van der Waals surface area contributed by atoms with Gasteiger partial charge in [0.15, 0.2) is 0 Å². The molecule has 1 aliphatic heterocycles. The highest BCUT2D eigenvalue weighted by Gasteiger charge is 2.52. The molecule has 38 heavy (non-hydrogen) atoms. The van der Waals surface area contributed by atoms with E-state index in [0.29, 0.717) is 0 Å². The standard InChI is InChI=1S/C34H32BNO2/c1-21-20-24(35-37-33(2,3)34(4,5)38-35)16-19-25(21)30-28-17-14-22-10-6-8-12-26(22)31(28)36-32-27-13-9-7-11-23(27)15-18-29(30)32/h6-21,25H,1-5H3. The van der Waals surface area contributed by atoms with Gasteiger partial charge in [0.05, 0.1) is 22.2 Å². The molecule has 2 heterocycles. The number of aromatic nitrogens is 1. The van der Waals surface area contributed by atoms with E-state index in [0.717, 1.165) is 16.5 Å². The molecule has 0 bridgehead atoms. The van der Waals surface area contributed by atoms with Crippen molar-refractivity contribution >= 4 is 50.5 Å². The molecule has 0 N–H and O–H groups in total. The van der Waals surface area contributed by atoms with Gasteiger partial charge >= 0.3 is 7.12 Å². The summed E-state index contributed by atoms with van der Waals surface area (Å²) < 4.78 is 12.8. The minimum atomic E-state index is -0.355. The smallest absolute Gasteiger partial charge is 0.399 e. The highest BCUT2D eigenvalue weighted by atomic mass is 16.7. The summed E-state index contributed by atoms with van der Waals surface area (Å²) in [4.78, 5) is 5.34. The SMILES string of the molecule is CC1C=C(B2OC(C)(C)C(C)(C)O2)C=CC1c1c2ccc3ccccc3c2nc2c1ccc1ccccc12. The van der Waals surface area contributed by atoms with E-state index in [1.54, 1.807) is 0 Å². The molecule has 1 saturated heterocycles. The van der Waals surface area contributed by atoms with Gasteiger partial charge in [0.2, 0.25) is 0 Å². The van der Waals surface area contributed by atoms with Crippen molar-refractivity contribution in [2.45, 2.75) is 51.7 Å². The van der Waals surface area contributed by atoms with Gasteiger partial charge in [-0.15, -0.1) is 0 Å². The molecule has 0 saturated carbocycles. The first-order valence-corrected chi connectivity index (χ1v) is 13.6. The average Bonchev–Trinajstić information content (AvgIpc) is 3.13. The van der Waals surface area contributed by atoms with E-state index in [2.05, 4.69) is 126 Å². The second kappa shape index (κ2) is 8.27. The third-order valence-electron chi connectivity index (χ3n) is 8.98. The van der Waals surface area contributed by atoms with Gasteiger partial charge in [0.1, 0.15) is 0 Å². The second-order valence-electron chi connectivity index (χ2n) is 11.9. The van der Waals surface area contributed by atoms with Crippen LogP contribution in [-0.2, 0) is 9.31 Å². The first-order valence-electron chi connectivity index (χ1n) is 13.6. The topological polar surface area (TPSA) is 31.4 Å². The number of benzene rings is 4. The van der Waals surface area contributed by atoms with E-state index in [4.69, 9.17) is 14.3 Å². The van der Waals surface area contributed by atoms with Crippen molar-refractivity contribution < 1.29 is 9.31 Å². The van der Waals surface area contributed by atoms with Gasteiger partial charge in [-0.05, 0) is 55.4 Å². The highest BCUT2D eigenvalue weighted by Crippen LogP contribution is 2.44. The average molecular weight is 497 g/mol. The molecular weight excluding hydrogens is 465 g/mol. The van der Waals surface area contributed by atoms with Crippen molar-refractivity contribution in [2.24, 2.45) is 5.92 Å². The Morgan fingerprint density at radius 3 is 1.74 bits per heavy atom. The van der Waals surface area contributed by atoms with Crippen LogP contribution in [0.4, 0.5) is 0 Å². The van der Waals surface area contributed by atoms with E-state index in [1.807, 2.05) is 0 Å². The van der Waals surface area contributed by atoms with Crippen LogP contribution in [0.15, 0.2) is 96.5 Å². The minimum absolute atomic E-state index is 0.205. The molecule has 7 rings (SSSR count). The van der Waals surface area contributed by atoms with Gasteiger partial charge in [0.25, 0.3) is 0 Å². The van der Waals surface area contributed by atoms with Crippen molar-refractivity contribution in [2.75, 3.05) is 0 Å². The summed E-state index contributed by atoms with van der Waals surface area (Å²) in [5.41, 5.74) is 3.88. The third-order valence-corrected chi connectivity index (χ3v) is 8.98. The van der Waals surface area contributed by atoms with Crippen LogP contribution >= 0.6 is 0 Å². The zero-order valence-electron chi connectivity index (χ0n) is 22.7. The summed E-state index contributed by atoms with van der Waals surface area (Å²) in [6.07, 6.45) is 6.91. The molecule has 1 aliphatic carbocycles. The van der Waals surface area contributed by atoms with Gasteiger partial charge in [-0.25, -0.2) is 4.98 Å². The molecule has 188 valence electrons. The molecule has 1 fully saturated rings. The fourth-order valence-electron chi connectivity index (χ4n) is 6.15. The molecule has 1 aromatic heterocycles. The Morgan fingerprint density at radius 2 is 1.21 bits per heavy atom. The van der Waals surface area contributed by atoms with E-state index in [9.17, 15) is 0 Å². The Hall–Kier alpha value is -3.47. The van der Waals surface area contributed by atoms with Gasteiger partial charge in [-0.2, -0.15) is 0 Å². The molecule has 0 radical (unpaired) electrons. The number of nitrogens with zero attached hydrogens (tertiary/aromatic N) is 1. The van der Waals surface area contributed by atoms with Crippen LogP contribution in [-0.4, -0.2) is 23.3 Å². The first-order chi connectivity index (χ1) is 18.2. The molecule has 4 heteroatoms. The zero-order chi connectivity index (χ0) is 26.2. The number of hydrogen-bond acceptors (Lipinski definition) is 3. The minimum Gasteiger partial charge on any atom is -0.399 e. The van der Waals surface area contributed by atoms with Gasteiger partial charge in [-0.3, -0.25) is 0 Å². The lowest BCUT2D eigenvalue weighted by atomic mass is 9.70. The lowest BCUT2D eigenvalue weighted by Crippen LogP contribution is -2.41. The van der Waals surface area contributed by atoms with Crippen LogP contribution in [0.3, 0.4) is 0 Å². The van der Waals surface area contributed by atoms with Gasteiger partial charge in [-0.1, -0.05) is 97.9 Å². The molecule has 0 spiro atoms. The highest BCUT2D eigenvalue weighted by molar-refractivity contribution is 6.55.